The van der Waals surface area contributed by atoms with E-state index in [1.165, 1.54) is 6.26 Å². The number of furan rings is 1. The molecular formula is C15H15ClO3S. The van der Waals surface area contributed by atoms with Crippen molar-refractivity contribution < 1.29 is 14.3 Å². The van der Waals surface area contributed by atoms with Crippen molar-refractivity contribution in [2.45, 2.75) is 11.7 Å². The third-order valence-corrected chi connectivity index (χ3v) is 4.33. The van der Waals surface area contributed by atoms with Gasteiger partial charge >= 0.3 is 0 Å². The molecule has 0 aliphatic heterocycles. The summed E-state index contributed by atoms with van der Waals surface area (Å²) in [5, 5.41) is 9.63. The molecule has 0 aliphatic rings. The van der Waals surface area contributed by atoms with Gasteiger partial charge in [-0.15, -0.1) is 0 Å². The number of aliphatic hydroxyl groups is 1. The maximum atomic E-state index is 12.1. The third-order valence-electron chi connectivity index (χ3n) is 2.82. The van der Waals surface area contributed by atoms with Crippen LogP contribution in [0.3, 0.4) is 0 Å². The van der Waals surface area contributed by atoms with Gasteiger partial charge in [-0.1, -0.05) is 23.7 Å². The maximum Gasteiger partial charge on any atom is 0.199 e. The highest BCUT2D eigenvalue weighted by Crippen LogP contribution is 2.33. The highest BCUT2D eigenvalue weighted by molar-refractivity contribution is 7.99. The number of hydrogen-bond acceptors (Lipinski definition) is 4. The van der Waals surface area contributed by atoms with E-state index in [0.29, 0.717) is 23.0 Å². The molecule has 20 heavy (non-hydrogen) atoms. The number of aliphatic hydroxyl groups excluding tert-OH is 1. The Morgan fingerprint density at radius 2 is 2.05 bits per heavy atom. The Hall–Kier alpha value is -1.23. The molecule has 1 N–H and O–H groups in total. The zero-order chi connectivity index (χ0) is 14.4. The van der Waals surface area contributed by atoms with Gasteiger partial charge in [0.05, 0.1) is 12.9 Å². The molecule has 0 amide bonds. The molecule has 3 nitrogen and oxygen atoms in total. The molecule has 2 rings (SSSR count). The number of hydrogen-bond donors (Lipinski definition) is 1. The summed E-state index contributed by atoms with van der Waals surface area (Å²) in [5.74, 6) is 0.910. The first kappa shape index (κ1) is 15.2. The molecule has 5 heteroatoms. The van der Waals surface area contributed by atoms with Gasteiger partial charge in [0, 0.05) is 22.4 Å². The lowest BCUT2D eigenvalue weighted by atomic mass is 10.1. The van der Waals surface area contributed by atoms with E-state index in [4.69, 9.17) is 21.1 Å². The minimum absolute atomic E-state index is 0.0167. The van der Waals surface area contributed by atoms with Crippen LogP contribution in [0.4, 0.5) is 0 Å². The van der Waals surface area contributed by atoms with Gasteiger partial charge in [0.25, 0.3) is 0 Å². The van der Waals surface area contributed by atoms with Crippen LogP contribution in [-0.2, 0) is 0 Å². The van der Waals surface area contributed by atoms with Gasteiger partial charge in [-0.2, -0.15) is 11.8 Å². The lowest BCUT2D eigenvalue weighted by Crippen LogP contribution is -2.06. The van der Waals surface area contributed by atoms with Crippen molar-refractivity contribution in [2.24, 2.45) is 0 Å². The molecule has 0 bridgehead atoms. The zero-order valence-corrected chi connectivity index (χ0v) is 12.4. The number of carbonyl (C=O) groups excluding carboxylic acids is 1. The SMILES string of the molecule is O=C(CC(SCCO)c1ccc(Cl)cc1)c1ccco1. The van der Waals surface area contributed by atoms with Crippen molar-refractivity contribution in [3.05, 3.63) is 59.0 Å². The zero-order valence-electron chi connectivity index (χ0n) is 10.8. The smallest absolute Gasteiger partial charge is 0.199 e. The lowest BCUT2D eigenvalue weighted by molar-refractivity contribution is 0.0955. The topological polar surface area (TPSA) is 50.4 Å². The average Bonchev–Trinajstić information content (AvgIpc) is 2.98. The van der Waals surface area contributed by atoms with Crippen LogP contribution in [0.15, 0.2) is 47.1 Å². The Balaban J connectivity index is 2.11. The van der Waals surface area contributed by atoms with Gasteiger partial charge in [0.1, 0.15) is 0 Å². The Kier molecular flexibility index (Phi) is 5.71. The molecule has 0 radical (unpaired) electrons. The van der Waals surface area contributed by atoms with E-state index < -0.39 is 0 Å². The number of Topliss-reactive ketones (excluding diaryl/α,β-unsaturated/α-hetero) is 1. The molecule has 0 spiro atoms. The van der Waals surface area contributed by atoms with Crippen LogP contribution < -0.4 is 0 Å². The summed E-state index contributed by atoms with van der Waals surface area (Å²) >= 11 is 7.43. The number of ketones is 1. The largest absolute Gasteiger partial charge is 0.461 e. The molecule has 0 aliphatic carbocycles. The summed E-state index contributed by atoms with van der Waals surface area (Å²) in [7, 11) is 0. The van der Waals surface area contributed by atoms with E-state index in [-0.39, 0.29) is 17.6 Å². The van der Waals surface area contributed by atoms with Crippen LogP contribution in [0.2, 0.25) is 5.02 Å². The van der Waals surface area contributed by atoms with Gasteiger partial charge < -0.3 is 9.52 Å². The number of carbonyl (C=O) groups is 1. The molecule has 0 saturated heterocycles. The molecule has 0 saturated carbocycles. The first-order valence-electron chi connectivity index (χ1n) is 6.25. The summed E-state index contributed by atoms with van der Waals surface area (Å²) < 4.78 is 5.13. The van der Waals surface area contributed by atoms with Crippen LogP contribution >= 0.6 is 23.4 Å². The van der Waals surface area contributed by atoms with E-state index in [9.17, 15) is 4.79 Å². The summed E-state index contributed by atoms with van der Waals surface area (Å²) in [6.07, 6.45) is 1.82. The van der Waals surface area contributed by atoms with Crippen molar-refractivity contribution in [3.63, 3.8) is 0 Å². The van der Waals surface area contributed by atoms with E-state index in [2.05, 4.69) is 0 Å². The molecule has 1 unspecified atom stereocenters. The minimum Gasteiger partial charge on any atom is -0.461 e. The van der Waals surface area contributed by atoms with Crippen molar-refractivity contribution in [1.29, 1.82) is 0 Å². The molecule has 0 fully saturated rings. The van der Waals surface area contributed by atoms with E-state index in [1.807, 2.05) is 12.1 Å². The van der Waals surface area contributed by atoms with Crippen LogP contribution in [0.25, 0.3) is 0 Å². The highest BCUT2D eigenvalue weighted by Gasteiger charge is 2.19. The summed E-state index contributed by atoms with van der Waals surface area (Å²) in [6.45, 7) is 0.0870. The van der Waals surface area contributed by atoms with Gasteiger partial charge in [0.2, 0.25) is 0 Å². The summed E-state index contributed by atoms with van der Waals surface area (Å²) in [6, 6.07) is 10.8. The number of halogens is 1. The first-order chi connectivity index (χ1) is 9.70. The standard InChI is InChI=1S/C15H15ClO3S/c16-12-5-3-11(4-6-12)15(20-9-7-17)10-13(18)14-2-1-8-19-14/h1-6,8,15,17H,7,9-10H2. The molecule has 1 aromatic carbocycles. The molecule has 1 atom stereocenters. The van der Waals surface area contributed by atoms with Crippen LogP contribution in [0, 0.1) is 0 Å². The van der Waals surface area contributed by atoms with Crippen molar-refractivity contribution in [2.75, 3.05) is 12.4 Å². The minimum atomic E-state index is -0.0413. The Labute approximate surface area is 126 Å². The molecular weight excluding hydrogens is 296 g/mol. The molecule has 1 heterocycles. The van der Waals surface area contributed by atoms with Crippen molar-refractivity contribution in [3.8, 4) is 0 Å². The fourth-order valence-electron chi connectivity index (χ4n) is 1.85. The van der Waals surface area contributed by atoms with Crippen LogP contribution in [0.5, 0.6) is 0 Å². The predicted molar refractivity (Wildman–Crippen MR) is 81.4 cm³/mol. The Bertz CT molecular complexity index is 537. The molecule has 1 aromatic heterocycles. The second kappa shape index (κ2) is 7.53. The van der Waals surface area contributed by atoms with Crippen LogP contribution in [-0.4, -0.2) is 23.2 Å². The Morgan fingerprint density at radius 3 is 2.65 bits per heavy atom. The van der Waals surface area contributed by atoms with Crippen molar-refractivity contribution in [1.82, 2.24) is 0 Å². The fourth-order valence-corrected chi connectivity index (χ4v) is 2.99. The molecule has 106 valence electrons. The monoisotopic (exact) mass is 310 g/mol. The lowest BCUT2D eigenvalue weighted by Gasteiger charge is -2.15. The predicted octanol–water partition coefficient (Wildman–Crippen LogP) is 3.97. The van der Waals surface area contributed by atoms with E-state index in [0.717, 1.165) is 5.56 Å². The average molecular weight is 311 g/mol. The molecule has 2 aromatic rings. The van der Waals surface area contributed by atoms with Gasteiger partial charge in [0.15, 0.2) is 11.5 Å². The van der Waals surface area contributed by atoms with Gasteiger partial charge in [-0.3, -0.25) is 4.79 Å². The number of benzene rings is 1. The third kappa shape index (κ3) is 4.13. The quantitative estimate of drug-likeness (QED) is 0.786. The number of thioether (sulfide) groups is 1. The fraction of sp³-hybridized carbons (Fsp3) is 0.267. The van der Waals surface area contributed by atoms with E-state index >= 15 is 0 Å². The first-order valence-corrected chi connectivity index (χ1v) is 7.68. The second-order valence-electron chi connectivity index (χ2n) is 4.24. The van der Waals surface area contributed by atoms with Crippen molar-refractivity contribution >= 4 is 29.1 Å². The van der Waals surface area contributed by atoms with E-state index in [1.54, 1.807) is 36.0 Å². The summed E-state index contributed by atoms with van der Waals surface area (Å²) in [4.78, 5) is 12.1. The maximum absolute atomic E-state index is 12.1. The second-order valence-corrected chi connectivity index (χ2v) is 5.99. The Morgan fingerprint density at radius 1 is 1.30 bits per heavy atom. The van der Waals surface area contributed by atoms with Gasteiger partial charge in [-0.05, 0) is 29.8 Å². The van der Waals surface area contributed by atoms with Gasteiger partial charge in [-0.25, -0.2) is 0 Å². The highest BCUT2D eigenvalue weighted by atomic mass is 35.5. The summed E-state index contributed by atoms with van der Waals surface area (Å²) in [5.41, 5.74) is 1.02. The number of rotatable bonds is 7. The van der Waals surface area contributed by atoms with Crippen LogP contribution in [0.1, 0.15) is 27.8 Å². The normalized spacial score (nSPS) is 12.3.